The summed E-state index contributed by atoms with van der Waals surface area (Å²) < 4.78 is 18.2. The van der Waals surface area contributed by atoms with Crippen LogP contribution in [-0.4, -0.2) is 25.1 Å². The van der Waals surface area contributed by atoms with Crippen molar-refractivity contribution in [3.8, 4) is 5.75 Å². The first-order valence-corrected chi connectivity index (χ1v) is 5.02. The second kappa shape index (κ2) is 6.07. The van der Waals surface area contributed by atoms with Gasteiger partial charge in [0.2, 0.25) is 5.91 Å². The van der Waals surface area contributed by atoms with Crippen LogP contribution >= 0.6 is 0 Å². The van der Waals surface area contributed by atoms with E-state index in [1.165, 1.54) is 12.1 Å². The van der Waals surface area contributed by atoms with Crippen molar-refractivity contribution in [3.63, 3.8) is 0 Å². The van der Waals surface area contributed by atoms with Crippen molar-refractivity contribution in [1.82, 2.24) is 5.32 Å². The minimum absolute atomic E-state index is 0.178. The number of hydrogen-bond acceptors (Lipinski definition) is 3. The third-order valence-electron chi connectivity index (χ3n) is 1.91. The standard InChI is InChI=1S/C11H15FN2O2/c1-8(13)11(15)14-6-7-16-10-5-3-2-4-9(10)12/h2-5,8H,6-7,13H2,1H3,(H,14,15). The van der Waals surface area contributed by atoms with Gasteiger partial charge in [-0.2, -0.15) is 0 Å². The quantitative estimate of drug-likeness (QED) is 0.725. The predicted molar refractivity (Wildman–Crippen MR) is 58.6 cm³/mol. The lowest BCUT2D eigenvalue weighted by molar-refractivity contribution is -0.122. The SMILES string of the molecule is CC(N)C(=O)NCCOc1ccccc1F. The van der Waals surface area contributed by atoms with E-state index in [0.717, 1.165) is 0 Å². The monoisotopic (exact) mass is 226 g/mol. The summed E-state index contributed by atoms with van der Waals surface area (Å²) in [5.74, 6) is -0.490. The number of nitrogens with one attached hydrogen (secondary N) is 1. The van der Waals surface area contributed by atoms with Gasteiger partial charge in [0.25, 0.3) is 0 Å². The molecule has 0 aliphatic carbocycles. The molecule has 0 bridgehead atoms. The average Bonchev–Trinajstić information content (AvgIpc) is 2.26. The number of carbonyl (C=O) groups is 1. The predicted octanol–water partition coefficient (Wildman–Crippen LogP) is 0.668. The Morgan fingerprint density at radius 3 is 2.88 bits per heavy atom. The molecule has 0 radical (unpaired) electrons. The fourth-order valence-electron chi connectivity index (χ4n) is 1.06. The van der Waals surface area contributed by atoms with Crippen LogP contribution in [0.15, 0.2) is 24.3 Å². The fraction of sp³-hybridized carbons (Fsp3) is 0.364. The number of carbonyl (C=O) groups excluding carboxylic acids is 1. The molecule has 0 saturated heterocycles. The van der Waals surface area contributed by atoms with Crippen LogP contribution in [0.25, 0.3) is 0 Å². The molecule has 0 spiro atoms. The van der Waals surface area contributed by atoms with Gasteiger partial charge >= 0.3 is 0 Å². The highest BCUT2D eigenvalue weighted by molar-refractivity contribution is 5.80. The number of amides is 1. The maximum Gasteiger partial charge on any atom is 0.236 e. The normalized spacial score (nSPS) is 11.9. The maximum absolute atomic E-state index is 13.1. The van der Waals surface area contributed by atoms with Gasteiger partial charge in [0, 0.05) is 0 Å². The van der Waals surface area contributed by atoms with Crippen LogP contribution < -0.4 is 15.8 Å². The third kappa shape index (κ3) is 3.86. The molecular weight excluding hydrogens is 211 g/mol. The van der Waals surface area contributed by atoms with Crippen LogP contribution in [0.2, 0.25) is 0 Å². The van der Waals surface area contributed by atoms with E-state index in [2.05, 4.69) is 5.32 Å². The lowest BCUT2D eigenvalue weighted by Gasteiger charge is -2.09. The van der Waals surface area contributed by atoms with Crippen LogP contribution in [0.1, 0.15) is 6.92 Å². The number of hydrogen-bond donors (Lipinski definition) is 2. The van der Waals surface area contributed by atoms with E-state index in [0.29, 0.717) is 6.54 Å². The van der Waals surface area contributed by atoms with Crippen molar-refractivity contribution in [3.05, 3.63) is 30.1 Å². The minimum atomic E-state index is -0.548. The molecule has 0 aromatic heterocycles. The van der Waals surface area contributed by atoms with Crippen molar-refractivity contribution in [2.45, 2.75) is 13.0 Å². The Balaban J connectivity index is 2.26. The highest BCUT2D eigenvalue weighted by Crippen LogP contribution is 2.14. The molecule has 1 aromatic rings. The number of nitrogens with two attached hydrogens (primary N) is 1. The van der Waals surface area contributed by atoms with Crippen LogP contribution in [0, 0.1) is 5.82 Å². The summed E-state index contributed by atoms with van der Waals surface area (Å²) >= 11 is 0. The van der Waals surface area contributed by atoms with Gasteiger partial charge in [-0.05, 0) is 19.1 Å². The van der Waals surface area contributed by atoms with E-state index in [1.807, 2.05) is 0 Å². The Labute approximate surface area is 93.6 Å². The van der Waals surface area contributed by atoms with Gasteiger partial charge in [0.05, 0.1) is 12.6 Å². The summed E-state index contributed by atoms with van der Waals surface area (Å²) in [4.78, 5) is 11.1. The van der Waals surface area contributed by atoms with E-state index in [1.54, 1.807) is 19.1 Å². The molecule has 3 N–H and O–H groups in total. The molecule has 1 unspecified atom stereocenters. The number of para-hydroxylation sites is 1. The Bertz CT molecular complexity index is 356. The zero-order valence-electron chi connectivity index (χ0n) is 9.07. The largest absolute Gasteiger partial charge is 0.489 e. The summed E-state index contributed by atoms with van der Waals surface area (Å²) in [7, 11) is 0. The molecule has 4 nitrogen and oxygen atoms in total. The third-order valence-corrected chi connectivity index (χ3v) is 1.91. The molecule has 5 heteroatoms. The molecule has 1 aromatic carbocycles. The van der Waals surface area contributed by atoms with Crippen LogP contribution in [0.3, 0.4) is 0 Å². The molecule has 0 saturated carbocycles. The molecule has 1 rings (SSSR count). The van der Waals surface area contributed by atoms with E-state index in [9.17, 15) is 9.18 Å². The molecule has 0 fully saturated rings. The van der Waals surface area contributed by atoms with Gasteiger partial charge in [-0.3, -0.25) is 4.79 Å². The maximum atomic E-state index is 13.1. The first-order valence-electron chi connectivity index (χ1n) is 5.02. The summed E-state index contributed by atoms with van der Waals surface area (Å²) in [6.07, 6.45) is 0. The molecule has 88 valence electrons. The number of benzene rings is 1. The Kier molecular flexibility index (Phi) is 4.72. The first kappa shape index (κ1) is 12.4. The highest BCUT2D eigenvalue weighted by Gasteiger charge is 2.06. The molecule has 0 aliphatic heterocycles. The van der Waals surface area contributed by atoms with Crippen molar-refractivity contribution < 1.29 is 13.9 Å². The summed E-state index contributed by atoms with van der Waals surface area (Å²) in [5.41, 5.74) is 5.34. The van der Waals surface area contributed by atoms with Gasteiger partial charge in [0.15, 0.2) is 11.6 Å². The number of ether oxygens (including phenoxy) is 1. The second-order valence-corrected chi connectivity index (χ2v) is 3.36. The minimum Gasteiger partial charge on any atom is -0.489 e. The highest BCUT2D eigenvalue weighted by atomic mass is 19.1. The summed E-state index contributed by atoms with van der Waals surface area (Å²) in [6, 6.07) is 5.56. The Morgan fingerprint density at radius 1 is 1.56 bits per heavy atom. The van der Waals surface area contributed by atoms with Crippen LogP contribution in [0.4, 0.5) is 4.39 Å². The van der Waals surface area contributed by atoms with Gasteiger partial charge in [-0.15, -0.1) is 0 Å². The van der Waals surface area contributed by atoms with Crippen LogP contribution in [0.5, 0.6) is 5.75 Å². The molecule has 0 aliphatic rings. The molecule has 1 atom stereocenters. The summed E-state index contributed by atoms with van der Waals surface area (Å²) in [6.45, 7) is 2.10. The topological polar surface area (TPSA) is 64.4 Å². The Hall–Kier alpha value is -1.62. The van der Waals surface area contributed by atoms with Gasteiger partial charge in [-0.25, -0.2) is 4.39 Å². The van der Waals surface area contributed by atoms with E-state index in [-0.39, 0.29) is 18.3 Å². The van der Waals surface area contributed by atoms with Crippen molar-refractivity contribution >= 4 is 5.91 Å². The van der Waals surface area contributed by atoms with Gasteiger partial charge < -0.3 is 15.8 Å². The molecule has 0 heterocycles. The summed E-state index contributed by atoms with van der Waals surface area (Å²) in [5, 5.41) is 2.56. The smallest absolute Gasteiger partial charge is 0.236 e. The average molecular weight is 226 g/mol. The van der Waals surface area contributed by atoms with E-state index in [4.69, 9.17) is 10.5 Å². The van der Waals surface area contributed by atoms with Crippen molar-refractivity contribution in [2.75, 3.05) is 13.2 Å². The molecular formula is C11H15FN2O2. The lowest BCUT2D eigenvalue weighted by Crippen LogP contribution is -2.40. The van der Waals surface area contributed by atoms with E-state index >= 15 is 0 Å². The molecule has 16 heavy (non-hydrogen) atoms. The number of rotatable bonds is 5. The van der Waals surface area contributed by atoms with Crippen LogP contribution in [-0.2, 0) is 4.79 Å². The first-order chi connectivity index (χ1) is 7.61. The second-order valence-electron chi connectivity index (χ2n) is 3.36. The zero-order valence-corrected chi connectivity index (χ0v) is 9.07. The van der Waals surface area contributed by atoms with Gasteiger partial charge in [0.1, 0.15) is 6.61 Å². The van der Waals surface area contributed by atoms with Crippen molar-refractivity contribution in [1.29, 1.82) is 0 Å². The zero-order chi connectivity index (χ0) is 12.0. The molecule has 1 amide bonds. The fourth-order valence-corrected chi connectivity index (χ4v) is 1.06. The number of halogens is 1. The lowest BCUT2D eigenvalue weighted by atomic mass is 10.3. The van der Waals surface area contributed by atoms with E-state index < -0.39 is 11.9 Å². The van der Waals surface area contributed by atoms with Gasteiger partial charge in [-0.1, -0.05) is 12.1 Å². The van der Waals surface area contributed by atoms with Crippen molar-refractivity contribution in [2.24, 2.45) is 5.73 Å². The Morgan fingerprint density at radius 2 is 2.25 bits per heavy atom.